The minimum atomic E-state index is -0.543. The molecule has 1 aliphatic carbocycles. The van der Waals surface area contributed by atoms with E-state index in [0.717, 1.165) is 29.1 Å². The highest BCUT2D eigenvalue weighted by Gasteiger charge is 2.27. The first-order valence-corrected chi connectivity index (χ1v) is 8.99. The molecule has 122 valence electrons. The van der Waals surface area contributed by atoms with Crippen molar-refractivity contribution in [1.82, 2.24) is 10.3 Å². The number of nitrogens with zero attached hydrogens (tertiary/aromatic N) is 1. The van der Waals surface area contributed by atoms with Crippen molar-refractivity contribution in [3.63, 3.8) is 0 Å². The summed E-state index contributed by atoms with van der Waals surface area (Å²) < 4.78 is 6.12. The number of hydrogen-bond acceptors (Lipinski definition) is 4. The van der Waals surface area contributed by atoms with Gasteiger partial charge in [-0.1, -0.05) is 43.2 Å². The molecule has 0 bridgehead atoms. The molecule has 2 aromatic rings. The van der Waals surface area contributed by atoms with Gasteiger partial charge in [0.2, 0.25) is 0 Å². The largest absolute Gasteiger partial charge is 0.360 e. The number of hydrogen-bond donors (Lipinski definition) is 1. The Morgan fingerprint density at radius 2 is 2.09 bits per heavy atom. The lowest BCUT2D eigenvalue weighted by atomic mass is 10.1. The Bertz CT molecular complexity index is 635. The summed E-state index contributed by atoms with van der Waals surface area (Å²) in [6.45, 7) is 2.41. The normalized spacial score (nSPS) is 16.4. The van der Waals surface area contributed by atoms with Gasteiger partial charge in [-0.25, -0.2) is 4.98 Å². The first-order chi connectivity index (χ1) is 11.2. The fourth-order valence-corrected chi connectivity index (χ4v) is 3.51. The molecule has 1 heterocycles. The maximum Gasteiger partial charge on any atom is 0.254 e. The van der Waals surface area contributed by atoms with Gasteiger partial charge in [-0.2, -0.15) is 0 Å². The molecule has 23 heavy (non-hydrogen) atoms. The fourth-order valence-electron chi connectivity index (χ4n) is 2.90. The molecule has 1 fully saturated rings. The minimum absolute atomic E-state index is 0.0891. The minimum Gasteiger partial charge on any atom is -0.360 e. The molecule has 0 spiro atoms. The Hall–Kier alpha value is -1.72. The zero-order chi connectivity index (χ0) is 16.1. The number of benzene rings is 1. The molecular formula is C18H22N2O2S. The molecule has 5 heteroatoms. The molecule has 0 unspecified atom stereocenters. The van der Waals surface area contributed by atoms with E-state index in [2.05, 4.69) is 10.3 Å². The quantitative estimate of drug-likeness (QED) is 0.877. The van der Waals surface area contributed by atoms with E-state index in [1.807, 2.05) is 42.6 Å². The van der Waals surface area contributed by atoms with Crippen LogP contribution < -0.4 is 5.32 Å². The Morgan fingerprint density at radius 3 is 2.74 bits per heavy atom. The lowest BCUT2D eigenvalue weighted by Gasteiger charge is -2.21. The summed E-state index contributed by atoms with van der Waals surface area (Å²) in [7, 11) is 0. The smallest absolute Gasteiger partial charge is 0.254 e. The summed E-state index contributed by atoms with van der Waals surface area (Å²) in [5.74, 6) is -0.0891. The molecule has 3 rings (SSSR count). The van der Waals surface area contributed by atoms with Crippen LogP contribution in [0.1, 0.15) is 48.1 Å². The van der Waals surface area contributed by atoms with Crippen LogP contribution in [0.2, 0.25) is 0 Å². The summed E-state index contributed by atoms with van der Waals surface area (Å²) in [4.78, 5) is 17.0. The number of aromatic nitrogens is 1. The van der Waals surface area contributed by atoms with Crippen LogP contribution in [-0.2, 0) is 16.1 Å². The van der Waals surface area contributed by atoms with Crippen LogP contribution in [0.3, 0.4) is 0 Å². The van der Waals surface area contributed by atoms with Crippen LogP contribution >= 0.6 is 11.3 Å². The standard InChI is InChI=1S/C18H22N2O2S/c1-13-20-15(12-23-13)11-19-18(21)17(14-7-3-2-4-8-14)22-16-9-5-6-10-16/h2-4,7-8,12,16-17H,5-6,9-11H2,1H3,(H,19,21)/t17-/m1/s1. The maximum absolute atomic E-state index is 12.7. The fraction of sp³-hybridized carbons (Fsp3) is 0.444. The number of nitrogens with one attached hydrogen (secondary N) is 1. The zero-order valence-corrected chi connectivity index (χ0v) is 14.1. The summed E-state index contributed by atoms with van der Waals surface area (Å²) in [6.07, 6.45) is 4.10. The SMILES string of the molecule is Cc1nc(CNC(=O)[C@H](OC2CCCC2)c2ccccc2)cs1. The van der Waals surface area contributed by atoms with Crippen molar-refractivity contribution in [2.24, 2.45) is 0 Å². The Labute approximate surface area is 140 Å². The topological polar surface area (TPSA) is 51.2 Å². The second kappa shape index (κ2) is 7.70. The predicted molar refractivity (Wildman–Crippen MR) is 91.2 cm³/mol. The number of thiazole rings is 1. The lowest BCUT2D eigenvalue weighted by molar-refractivity contribution is -0.137. The Morgan fingerprint density at radius 1 is 1.35 bits per heavy atom. The lowest BCUT2D eigenvalue weighted by Crippen LogP contribution is -2.32. The zero-order valence-electron chi connectivity index (χ0n) is 13.3. The Balaban J connectivity index is 1.67. The number of amides is 1. The summed E-state index contributed by atoms with van der Waals surface area (Å²) in [5.41, 5.74) is 1.81. The van der Waals surface area contributed by atoms with Gasteiger partial charge < -0.3 is 10.1 Å². The Kier molecular flexibility index (Phi) is 5.41. The van der Waals surface area contributed by atoms with Crippen molar-refractivity contribution in [3.05, 3.63) is 52.0 Å². The number of ether oxygens (including phenoxy) is 1. The number of rotatable bonds is 6. The van der Waals surface area contributed by atoms with E-state index in [1.165, 1.54) is 12.8 Å². The second-order valence-electron chi connectivity index (χ2n) is 5.91. The number of aryl methyl sites for hydroxylation is 1. The van der Waals surface area contributed by atoms with Gasteiger partial charge in [0.15, 0.2) is 6.10 Å². The molecule has 1 N–H and O–H groups in total. The monoisotopic (exact) mass is 330 g/mol. The number of carbonyl (C=O) groups is 1. The third kappa shape index (κ3) is 4.39. The molecule has 1 aliphatic rings. The molecule has 4 nitrogen and oxygen atoms in total. The molecule has 1 atom stereocenters. The summed E-state index contributed by atoms with van der Waals surface area (Å²) in [5, 5.41) is 5.95. The van der Waals surface area contributed by atoms with E-state index in [0.29, 0.717) is 6.54 Å². The average molecular weight is 330 g/mol. The molecular weight excluding hydrogens is 308 g/mol. The summed E-state index contributed by atoms with van der Waals surface area (Å²) >= 11 is 1.59. The van der Waals surface area contributed by atoms with Crippen molar-refractivity contribution in [3.8, 4) is 0 Å². The first kappa shape index (κ1) is 16.1. The highest BCUT2D eigenvalue weighted by atomic mass is 32.1. The first-order valence-electron chi connectivity index (χ1n) is 8.11. The van der Waals surface area contributed by atoms with Gasteiger partial charge in [0, 0.05) is 5.38 Å². The van der Waals surface area contributed by atoms with E-state index in [-0.39, 0.29) is 12.0 Å². The van der Waals surface area contributed by atoms with Gasteiger partial charge in [0.1, 0.15) is 0 Å². The van der Waals surface area contributed by atoms with E-state index in [9.17, 15) is 4.79 Å². The van der Waals surface area contributed by atoms with Gasteiger partial charge in [-0.15, -0.1) is 11.3 Å². The van der Waals surface area contributed by atoms with Crippen LogP contribution in [0.5, 0.6) is 0 Å². The van der Waals surface area contributed by atoms with Crippen LogP contribution in [0.4, 0.5) is 0 Å². The van der Waals surface area contributed by atoms with E-state index in [1.54, 1.807) is 11.3 Å². The van der Waals surface area contributed by atoms with Crippen molar-refractivity contribution in [2.75, 3.05) is 0 Å². The van der Waals surface area contributed by atoms with E-state index < -0.39 is 6.10 Å². The third-order valence-corrected chi connectivity index (χ3v) is 4.90. The predicted octanol–water partition coefficient (Wildman–Crippen LogP) is 3.77. The van der Waals surface area contributed by atoms with E-state index >= 15 is 0 Å². The maximum atomic E-state index is 12.7. The van der Waals surface area contributed by atoms with Gasteiger partial charge >= 0.3 is 0 Å². The molecule has 0 radical (unpaired) electrons. The third-order valence-electron chi connectivity index (χ3n) is 4.08. The van der Waals surface area contributed by atoms with Gasteiger partial charge in [-0.05, 0) is 25.3 Å². The van der Waals surface area contributed by atoms with Crippen molar-refractivity contribution < 1.29 is 9.53 Å². The highest BCUT2D eigenvalue weighted by molar-refractivity contribution is 7.09. The molecule has 1 amide bonds. The van der Waals surface area contributed by atoms with Crippen LogP contribution in [0.15, 0.2) is 35.7 Å². The molecule has 0 aliphatic heterocycles. The molecule has 1 aromatic carbocycles. The second-order valence-corrected chi connectivity index (χ2v) is 6.97. The molecule has 1 saturated carbocycles. The highest BCUT2D eigenvalue weighted by Crippen LogP contribution is 2.28. The molecule has 1 aromatic heterocycles. The average Bonchev–Trinajstić information content (AvgIpc) is 3.23. The van der Waals surface area contributed by atoms with Crippen LogP contribution in [-0.4, -0.2) is 17.0 Å². The van der Waals surface area contributed by atoms with Gasteiger partial charge in [0.25, 0.3) is 5.91 Å². The molecule has 0 saturated heterocycles. The number of carbonyl (C=O) groups excluding carboxylic acids is 1. The van der Waals surface area contributed by atoms with Gasteiger partial charge in [-0.3, -0.25) is 4.79 Å². The van der Waals surface area contributed by atoms with E-state index in [4.69, 9.17) is 4.74 Å². The van der Waals surface area contributed by atoms with Crippen LogP contribution in [0, 0.1) is 6.92 Å². The summed E-state index contributed by atoms with van der Waals surface area (Å²) in [6, 6.07) is 9.74. The van der Waals surface area contributed by atoms with Gasteiger partial charge in [0.05, 0.1) is 23.4 Å². The van der Waals surface area contributed by atoms with Crippen molar-refractivity contribution >= 4 is 17.2 Å². The van der Waals surface area contributed by atoms with Crippen molar-refractivity contribution in [2.45, 2.75) is 51.4 Å². The van der Waals surface area contributed by atoms with Crippen molar-refractivity contribution in [1.29, 1.82) is 0 Å². The van der Waals surface area contributed by atoms with Crippen LogP contribution in [0.25, 0.3) is 0 Å².